The fourth-order valence-electron chi connectivity index (χ4n) is 3.21. The maximum atomic E-state index is 12.5. The van der Waals surface area contributed by atoms with Gasteiger partial charge in [-0.15, -0.1) is 0 Å². The monoisotopic (exact) mass is 436 g/mol. The summed E-state index contributed by atoms with van der Waals surface area (Å²) >= 11 is 0. The van der Waals surface area contributed by atoms with Crippen molar-refractivity contribution in [3.63, 3.8) is 0 Å². The van der Waals surface area contributed by atoms with E-state index in [1.54, 1.807) is 19.1 Å². The molecule has 0 aliphatic carbocycles. The summed E-state index contributed by atoms with van der Waals surface area (Å²) in [6, 6.07) is 16.7. The Balaban J connectivity index is 1.53. The highest BCUT2D eigenvalue weighted by Crippen LogP contribution is 2.24. The first-order valence-corrected chi connectivity index (χ1v) is 10.4. The van der Waals surface area contributed by atoms with Crippen LogP contribution < -0.4 is 10.1 Å². The van der Waals surface area contributed by atoms with E-state index in [2.05, 4.69) is 43.3 Å². The zero-order valence-corrected chi connectivity index (χ0v) is 18.8. The molecule has 1 heterocycles. The van der Waals surface area contributed by atoms with Crippen molar-refractivity contribution in [3.8, 4) is 5.75 Å². The van der Waals surface area contributed by atoms with E-state index in [1.165, 1.54) is 16.3 Å². The lowest BCUT2D eigenvalue weighted by molar-refractivity contribution is -0.389. The van der Waals surface area contributed by atoms with Crippen molar-refractivity contribution in [1.82, 2.24) is 15.1 Å². The molecule has 3 aromatic rings. The van der Waals surface area contributed by atoms with E-state index in [-0.39, 0.29) is 17.1 Å². The second-order valence-corrected chi connectivity index (χ2v) is 8.64. The van der Waals surface area contributed by atoms with Gasteiger partial charge in [0.05, 0.1) is 23.4 Å². The fourth-order valence-corrected chi connectivity index (χ4v) is 3.21. The molecule has 0 atom stereocenters. The summed E-state index contributed by atoms with van der Waals surface area (Å²) in [6.07, 6.45) is 0. The number of carbonyl (C=O) groups is 1. The first-order chi connectivity index (χ1) is 15.1. The van der Waals surface area contributed by atoms with Crippen LogP contribution in [0.3, 0.4) is 0 Å². The minimum atomic E-state index is -0.533. The average molecular weight is 437 g/mol. The van der Waals surface area contributed by atoms with E-state index in [0.717, 1.165) is 11.3 Å². The van der Waals surface area contributed by atoms with Crippen LogP contribution in [0.25, 0.3) is 0 Å². The topological polar surface area (TPSA) is 99.3 Å². The predicted octanol–water partition coefficient (Wildman–Crippen LogP) is 4.41. The number of rotatable bonds is 8. The van der Waals surface area contributed by atoms with Gasteiger partial charge in [-0.25, -0.2) is 0 Å². The first kappa shape index (κ1) is 23.0. The molecule has 3 rings (SSSR count). The molecule has 0 aliphatic heterocycles. The van der Waals surface area contributed by atoms with Crippen LogP contribution in [0.1, 0.15) is 48.0 Å². The molecule has 0 fully saturated rings. The number of ether oxygens (including phenoxy) is 1. The van der Waals surface area contributed by atoms with E-state index < -0.39 is 4.92 Å². The van der Waals surface area contributed by atoms with Crippen LogP contribution in [0.2, 0.25) is 0 Å². The van der Waals surface area contributed by atoms with Crippen LogP contribution in [0.15, 0.2) is 54.6 Å². The number of aryl methyl sites for hydroxylation is 1. The number of hydrogen-bond acceptors (Lipinski definition) is 5. The predicted molar refractivity (Wildman–Crippen MR) is 122 cm³/mol. The molecule has 0 aliphatic rings. The minimum Gasteiger partial charge on any atom is -0.489 e. The lowest BCUT2D eigenvalue weighted by Crippen LogP contribution is -2.27. The summed E-state index contributed by atoms with van der Waals surface area (Å²) in [5.41, 5.74) is 3.41. The molecule has 0 saturated heterocycles. The Hall–Kier alpha value is -3.68. The van der Waals surface area contributed by atoms with Crippen molar-refractivity contribution in [2.75, 3.05) is 6.54 Å². The molecular formula is C24H28N4O4. The van der Waals surface area contributed by atoms with Crippen LogP contribution in [0.5, 0.6) is 5.75 Å². The number of hydrogen-bond donors (Lipinski definition) is 1. The number of amides is 1. The number of nitrogens with one attached hydrogen (secondary N) is 1. The lowest BCUT2D eigenvalue weighted by Gasteiger charge is -2.19. The lowest BCUT2D eigenvalue weighted by atomic mass is 9.87. The molecule has 0 radical (unpaired) electrons. The zero-order chi connectivity index (χ0) is 23.3. The van der Waals surface area contributed by atoms with Gasteiger partial charge in [0.2, 0.25) is 0 Å². The van der Waals surface area contributed by atoms with Gasteiger partial charge in [0.1, 0.15) is 12.4 Å². The van der Waals surface area contributed by atoms with E-state index in [9.17, 15) is 14.9 Å². The van der Waals surface area contributed by atoms with Crippen molar-refractivity contribution in [2.24, 2.45) is 0 Å². The highest BCUT2D eigenvalue weighted by molar-refractivity contribution is 5.94. The molecule has 8 heteroatoms. The smallest absolute Gasteiger partial charge is 0.390 e. The second kappa shape index (κ2) is 9.64. The quantitative estimate of drug-likeness (QED) is 0.417. The van der Waals surface area contributed by atoms with Crippen LogP contribution >= 0.6 is 0 Å². The molecular weight excluding hydrogens is 408 g/mol. The first-order valence-electron chi connectivity index (χ1n) is 10.4. The summed E-state index contributed by atoms with van der Waals surface area (Å²) in [4.78, 5) is 22.8. The average Bonchev–Trinajstić information content (AvgIpc) is 3.13. The van der Waals surface area contributed by atoms with Crippen molar-refractivity contribution < 1.29 is 14.5 Å². The molecule has 32 heavy (non-hydrogen) atoms. The van der Waals surface area contributed by atoms with Gasteiger partial charge in [0.25, 0.3) is 5.91 Å². The standard InChI is InChI=1S/C24H28N4O4/c1-17-14-22(28(30)31)26-27(17)13-12-25-23(29)19-7-5-6-18(15-19)16-32-21-10-8-20(9-11-21)24(2,3)4/h5-11,14-15H,12-13,16H2,1-4H3,(H,25,29). The largest absolute Gasteiger partial charge is 0.489 e. The van der Waals surface area contributed by atoms with Crippen molar-refractivity contribution in [1.29, 1.82) is 0 Å². The number of carbonyl (C=O) groups excluding carboxylic acids is 1. The maximum Gasteiger partial charge on any atom is 0.390 e. The Labute approximate surface area is 187 Å². The Bertz CT molecular complexity index is 1100. The highest BCUT2D eigenvalue weighted by atomic mass is 16.6. The summed E-state index contributed by atoms with van der Waals surface area (Å²) in [5, 5.41) is 17.6. The molecule has 1 amide bonds. The molecule has 1 N–H and O–H groups in total. The Kier molecular flexibility index (Phi) is 6.92. The van der Waals surface area contributed by atoms with E-state index in [1.807, 2.05) is 24.3 Å². The summed E-state index contributed by atoms with van der Waals surface area (Å²) in [5.74, 6) is 0.354. The van der Waals surface area contributed by atoms with Crippen molar-refractivity contribution in [3.05, 3.63) is 87.1 Å². The molecule has 2 aromatic carbocycles. The molecule has 0 spiro atoms. The SMILES string of the molecule is Cc1cc([N+](=O)[O-])nn1CCNC(=O)c1cccc(COc2ccc(C(C)(C)C)cc2)c1. The normalized spacial score (nSPS) is 11.2. The fraction of sp³-hybridized carbons (Fsp3) is 0.333. The van der Waals surface area contributed by atoms with Crippen LogP contribution in [0, 0.1) is 17.0 Å². The Morgan fingerprint density at radius 1 is 1.16 bits per heavy atom. The van der Waals surface area contributed by atoms with Gasteiger partial charge in [-0.1, -0.05) is 45.0 Å². The summed E-state index contributed by atoms with van der Waals surface area (Å²) in [7, 11) is 0. The minimum absolute atomic E-state index is 0.0883. The third-order valence-corrected chi connectivity index (χ3v) is 5.08. The van der Waals surface area contributed by atoms with Crippen LogP contribution in [0.4, 0.5) is 5.82 Å². The van der Waals surface area contributed by atoms with Crippen LogP contribution in [-0.4, -0.2) is 27.2 Å². The summed E-state index contributed by atoms with van der Waals surface area (Å²) < 4.78 is 7.38. The second-order valence-electron chi connectivity index (χ2n) is 8.64. The van der Waals surface area contributed by atoms with E-state index in [4.69, 9.17) is 4.74 Å². The number of nitro groups is 1. The molecule has 1 aromatic heterocycles. The van der Waals surface area contributed by atoms with Gasteiger partial charge < -0.3 is 20.2 Å². The number of benzene rings is 2. The van der Waals surface area contributed by atoms with Gasteiger partial charge in [-0.05, 0) is 52.7 Å². The van der Waals surface area contributed by atoms with Crippen molar-refractivity contribution >= 4 is 11.7 Å². The van der Waals surface area contributed by atoms with Gasteiger partial charge in [-0.3, -0.25) is 4.79 Å². The zero-order valence-electron chi connectivity index (χ0n) is 18.8. The molecule has 0 saturated carbocycles. The summed E-state index contributed by atoms with van der Waals surface area (Å²) in [6.45, 7) is 9.24. The molecule has 0 unspecified atom stereocenters. The van der Waals surface area contributed by atoms with Gasteiger partial charge >= 0.3 is 5.82 Å². The number of nitrogens with zero attached hydrogens (tertiary/aromatic N) is 3. The third-order valence-electron chi connectivity index (χ3n) is 5.08. The molecule has 0 bridgehead atoms. The van der Waals surface area contributed by atoms with E-state index in [0.29, 0.717) is 31.0 Å². The van der Waals surface area contributed by atoms with Gasteiger partial charge in [0, 0.05) is 12.1 Å². The Morgan fingerprint density at radius 3 is 2.50 bits per heavy atom. The highest BCUT2D eigenvalue weighted by Gasteiger charge is 2.15. The van der Waals surface area contributed by atoms with Gasteiger partial charge in [0.15, 0.2) is 0 Å². The maximum absolute atomic E-state index is 12.5. The third kappa shape index (κ3) is 5.94. The molecule has 168 valence electrons. The van der Waals surface area contributed by atoms with Crippen molar-refractivity contribution in [2.45, 2.75) is 46.3 Å². The van der Waals surface area contributed by atoms with E-state index >= 15 is 0 Å². The number of aromatic nitrogens is 2. The molecule has 8 nitrogen and oxygen atoms in total. The van der Waals surface area contributed by atoms with Crippen LogP contribution in [-0.2, 0) is 18.6 Å². The van der Waals surface area contributed by atoms with Gasteiger partial charge in [-0.2, -0.15) is 4.68 Å². The Morgan fingerprint density at radius 2 is 1.88 bits per heavy atom.